The van der Waals surface area contributed by atoms with Crippen LogP contribution in [0.2, 0.25) is 0 Å². The van der Waals surface area contributed by atoms with E-state index in [1.807, 2.05) is 6.07 Å². The number of aliphatic hydroxyl groups excluding tert-OH is 1. The Balaban J connectivity index is 0.925. The van der Waals surface area contributed by atoms with Crippen LogP contribution >= 0.6 is 0 Å². The van der Waals surface area contributed by atoms with E-state index in [9.17, 15) is 32.3 Å². The molecule has 4 N–H and O–H groups in total. The molecule has 5 rings (SSSR count). The summed E-state index contributed by atoms with van der Waals surface area (Å²) in [7, 11) is -2.23. The lowest BCUT2D eigenvalue weighted by Crippen LogP contribution is -2.29. The van der Waals surface area contributed by atoms with Crippen molar-refractivity contribution in [3.05, 3.63) is 100 Å². The van der Waals surface area contributed by atoms with Crippen molar-refractivity contribution in [1.82, 2.24) is 10.0 Å². The number of carbonyl (C=O) groups excluding carboxylic acids is 2. The molecular formula is C41H47FN2O13S. The summed E-state index contributed by atoms with van der Waals surface area (Å²) in [6.45, 7) is 3.04. The van der Waals surface area contributed by atoms with E-state index in [4.69, 9.17) is 33.2 Å². The fraction of sp³-hybridized carbons (Fsp3) is 0.390. The number of carboxylic acids is 1. The van der Waals surface area contributed by atoms with E-state index in [0.29, 0.717) is 85.5 Å². The van der Waals surface area contributed by atoms with Crippen molar-refractivity contribution < 1.29 is 65.5 Å². The Bertz CT molecular complexity index is 2170. The number of hydrogen-bond acceptors (Lipinski definition) is 12. The molecule has 17 heteroatoms. The molecule has 0 atom stereocenters. The van der Waals surface area contributed by atoms with Gasteiger partial charge in [-0.15, -0.1) is 0 Å². The number of furan rings is 1. The van der Waals surface area contributed by atoms with Crippen LogP contribution in [0.25, 0.3) is 28.1 Å². The van der Waals surface area contributed by atoms with Gasteiger partial charge in [0.1, 0.15) is 22.9 Å². The molecule has 0 bridgehead atoms. The highest BCUT2D eigenvalue weighted by Crippen LogP contribution is 2.45. The van der Waals surface area contributed by atoms with Crippen LogP contribution < -0.4 is 10.0 Å². The number of amides is 1. The molecule has 1 heterocycles. The van der Waals surface area contributed by atoms with Crippen molar-refractivity contribution in [3.8, 4) is 11.3 Å². The molecule has 0 radical (unpaired) electrons. The quantitative estimate of drug-likeness (QED) is 0.0293. The van der Waals surface area contributed by atoms with Crippen LogP contribution in [0.15, 0.2) is 71.2 Å². The summed E-state index contributed by atoms with van der Waals surface area (Å²) in [6.07, 6.45) is 2.48. The Kier molecular flexibility index (Phi) is 16.5. The molecular weight excluding hydrogens is 780 g/mol. The first kappa shape index (κ1) is 44.1. The van der Waals surface area contributed by atoms with E-state index in [0.717, 1.165) is 24.0 Å². The number of rotatable bonds is 26. The maximum atomic E-state index is 13.6. The Morgan fingerprint density at radius 3 is 2.07 bits per heavy atom. The zero-order valence-corrected chi connectivity index (χ0v) is 32.8. The van der Waals surface area contributed by atoms with Crippen molar-refractivity contribution in [3.63, 3.8) is 0 Å². The first-order valence-corrected chi connectivity index (χ1v) is 20.3. The highest BCUT2D eigenvalue weighted by atomic mass is 32.2. The number of ether oxygens (including phenoxy) is 5. The van der Waals surface area contributed by atoms with Crippen molar-refractivity contribution in [1.29, 1.82) is 0 Å². The number of halogens is 1. The van der Waals surface area contributed by atoms with E-state index in [1.54, 1.807) is 30.3 Å². The third-order valence-electron chi connectivity index (χ3n) is 8.90. The number of nitrogens with one attached hydrogen (secondary N) is 2. The molecule has 0 spiro atoms. The van der Waals surface area contributed by atoms with Crippen molar-refractivity contribution >= 4 is 44.4 Å². The van der Waals surface area contributed by atoms with E-state index in [-0.39, 0.29) is 49.7 Å². The van der Waals surface area contributed by atoms with Crippen LogP contribution in [-0.4, -0.2) is 109 Å². The summed E-state index contributed by atoms with van der Waals surface area (Å²) < 4.78 is 76.1. The van der Waals surface area contributed by atoms with Gasteiger partial charge in [0.2, 0.25) is 10.0 Å². The molecule has 0 unspecified atom stereocenters. The van der Waals surface area contributed by atoms with Crippen LogP contribution in [-0.2, 0) is 55.7 Å². The number of carboxylic acid groups (broad SMARTS) is 1. The molecule has 1 fully saturated rings. The molecule has 58 heavy (non-hydrogen) atoms. The number of aliphatic carboxylic acids is 1. The SMILES string of the molecule is CNC(=O)c1c(-c2ccc(F)cc2)oc2cc(CS(=O)(=O)NCCOCCOCCOCCOCCOCc3cccc(C(O)=CC(=O)C(=O)O)c3)c(C3CC3)cc12. The lowest BCUT2D eigenvalue weighted by molar-refractivity contribution is -0.146. The second-order valence-electron chi connectivity index (χ2n) is 13.3. The van der Waals surface area contributed by atoms with Crippen molar-refractivity contribution in [2.24, 2.45) is 0 Å². The Labute approximate surface area is 335 Å². The smallest absolute Gasteiger partial charge is 0.376 e. The number of benzene rings is 3. The average molecular weight is 827 g/mol. The highest BCUT2D eigenvalue weighted by Gasteiger charge is 2.31. The summed E-state index contributed by atoms with van der Waals surface area (Å²) in [5.41, 5.74) is 3.67. The second-order valence-corrected chi connectivity index (χ2v) is 15.1. The fourth-order valence-corrected chi connectivity index (χ4v) is 7.10. The lowest BCUT2D eigenvalue weighted by atomic mass is 9.98. The zero-order valence-electron chi connectivity index (χ0n) is 32.0. The topological polar surface area (TPSA) is 209 Å². The number of hydrogen-bond donors (Lipinski definition) is 4. The minimum atomic E-state index is -3.74. The molecule has 1 amide bonds. The Morgan fingerprint density at radius 1 is 0.845 bits per heavy atom. The first-order chi connectivity index (χ1) is 28.0. The van der Waals surface area contributed by atoms with Crippen LogP contribution in [0.3, 0.4) is 0 Å². The van der Waals surface area contributed by atoms with Gasteiger partial charge in [-0.3, -0.25) is 9.59 Å². The summed E-state index contributed by atoms with van der Waals surface area (Å²) in [5, 5.41) is 21.9. The number of aliphatic hydroxyl groups is 1. The monoisotopic (exact) mass is 826 g/mol. The van der Waals surface area contributed by atoms with Gasteiger partial charge in [0.15, 0.2) is 0 Å². The normalized spacial score (nSPS) is 13.2. The number of carbonyl (C=O) groups is 3. The molecule has 4 aromatic rings. The zero-order chi connectivity index (χ0) is 41.5. The molecule has 0 saturated heterocycles. The standard InChI is InChI=1S/C41H47FN2O13S/c1-43-40(47)38-34-23-33(28-5-6-28)31(22-37(34)57-39(38)29-7-9-32(42)10-8-29)26-58(50,51)44-11-12-52-13-14-53-15-16-54-17-18-55-19-20-56-25-27-3-2-4-30(21-27)35(45)24-36(46)41(48)49/h2-4,7-10,21-24,28,44-45H,5-6,11-20,25-26H2,1H3,(H,43,47)(H,48,49). The molecule has 15 nitrogen and oxygen atoms in total. The lowest BCUT2D eigenvalue weighted by Gasteiger charge is -2.12. The van der Waals surface area contributed by atoms with Gasteiger partial charge < -0.3 is 43.6 Å². The van der Waals surface area contributed by atoms with Crippen molar-refractivity contribution in [2.75, 3.05) is 73.1 Å². The van der Waals surface area contributed by atoms with Gasteiger partial charge in [-0.2, -0.15) is 0 Å². The summed E-state index contributed by atoms with van der Waals surface area (Å²) >= 11 is 0. The summed E-state index contributed by atoms with van der Waals surface area (Å²) in [5.74, 6) is -3.92. The minimum Gasteiger partial charge on any atom is -0.507 e. The average Bonchev–Trinajstić information content (AvgIpc) is 3.98. The molecule has 0 aliphatic heterocycles. The van der Waals surface area contributed by atoms with Gasteiger partial charge in [-0.25, -0.2) is 22.3 Å². The minimum absolute atomic E-state index is 0.0719. The highest BCUT2D eigenvalue weighted by molar-refractivity contribution is 7.88. The largest absolute Gasteiger partial charge is 0.507 e. The van der Waals surface area contributed by atoms with E-state index in [2.05, 4.69) is 10.0 Å². The van der Waals surface area contributed by atoms with Gasteiger partial charge in [-0.1, -0.05) is 18.2 Å². The third kappa shape index (κ3) is 13.3. The van der Waals surface area contributed by atoms with E-state index in [1.165, 1.54) is 31.3 Å². The van der Waals surface area contributed by atoms with E-state index >= 15 is 0 Å². The number of fused-ring (bicyclic) bond motifs is 1. The second kappa shape index (κ2) is 21.7. The van der Waals surface area contributed by atoms with Crippen LogP contribution in [0.1, 0.15) is 51.4 Å². The molecule has 3 aromatic carbocycles. The molecule has 1 aliphatic rings. The maximum Gasteiger partial charge on any atom is 0.376 e. The molecule has 1 saturated carbocycles. The molecule has 312 valence electrons. The van der Waals surface area contributed by atoms with Crippen LogP contribution in [0.4, 0.5) is 4.39 Å². The molecule has 1 aromatic heterocycles. The van der Waals surface area contributed by atoms with Crippen LogP contribution in [0, 0.1) is 5.82 Å². The Morgan fingerprint density at radius 2 is 1.47 bits per heavy atom. The molecule has 1 aliphatic carbocycles. The van der Waals surface area contributed by atoms with Gasteiger partial charge in [0, 0.05) is 36.2 Å². The first-order valence-electron chi connectivity index (χ1n) is 18.7. The third-order valence-corrected chi connectivity index (χ3v) is 10.2. The van der Waals surface area contributed by atoms with Gasteiger partial charge >= 0.3 is 5.97 Å². The van der Waals surface area contributed by atoms with Gasteiger partial charge in [0.05, 0.1) is 77.4 Å². The number of sulfonamides is 1. The van der Waals surface area contributed by atoms with Crippen molar-refractivity contribution in [2.45, 2.75) is 31.1 Å². The summed E-state index contributed by atoms with van der Waals surface area (Å²) in [6, 6.07) is 15.7. The number of ketones is 1. The fourth-order valence-electron chi connectivity index (χ4n) is 5.94. The van der Waals surface area contributed by atoms with Crippen LogP contribution in [0.5, 0.6) is 0 Å². The van der Waals surface area contributed by atoms with E-state index < -0.39 is 33.4 Å². The van der Waals surface area contributed by atoms with Gasteiger partial charge in [0.25, 0.3) is 11.7 Å². The predicted molar refractivity (Wildman–Crippen MR) is 210 cm³/mol. The maximum absolute atomic E-state index is 13.6. The Hall–Kier alpha value is -5.01. The summed E-state index contributed by atoms with van der Waals surface area (Å²) in [4.78, 5) is 34.9. The predicted octanol–water partition coefficient (Wildman–Crippen LogP) is 4.73. The van der Waals surface area contributed by atoms with Gasteiger partial charge in [-0.05, 0) is 77.9 Å².